The van der Waals surface area contributed by atoms with Gasteiger partial charge >= 0.3 is 0 Å². The lowest BCUT2D eigenvalue weighted by molar-refractivity contribution is -0.125. The van der Waals surface area contributed by atoms with Crippen LogP contribution in [0.1, 0.15) is 37.8 Å². The smallest absolute Gasteiger partial charge is 0.223 e. The van der Waals surface area contributed by atoms with Crippen LogP contribution in [0.5, 0.6) is 0 Å². The summed E-state index contributed by atoms with van der Waals surface area (Å²) >= 11 is 0. The Balaban J connectivity index is 2.52. The molecule has 1 N–H and O–H groups in total. The highest BCUT2D eigenvalue weighted by atomic mass is 16.1. The van der Waals surface area contributed by atoms with E-state index in [0.29, 0.717) is 6.54 Å². The molecule has 88 valence electrons. The predicted molar refractivity (Wildman–Crippen MR) is 67.1 cm³/mol. The third-order valence-corrected chi connectivity index (χ3v) is 3.07. The summed E-state index contributed by atoms with van der Waals surface area (Å²) < 4.78 is 0. The Morgan fingerprint density at radius 1 is 1.25 bits per heavy atom. The summed E-state index contributed by atoms with van der Waals surface area (Å²) in [6.07, 6.45) is 1.83. The minimum Gasteiger partial charge on any atom is -0.352 e. The Labute approximate surface area is 98.1 Å². The summed E-state index contributed by atoms with van der Waals surface area (Å²) in [5.74, 6) is 0.331. The summed E-state index contributed by atoms with van der Waals surface area (Å²) in [7, 11) is 0. The Hall–Kier alpha value is -1.31. The molecule has 0 radical (unpaired) electrons. The zero-order chi connectivity index (χ0) is 12.0. The Bertz CT molecular complexity index is 342. The standard InChI is InChI=1S/C14H21NO/c1-4-12(5-2)14(16)15-10-13-9-7-6-8-11(13)3/h6-9,12H,4-5,10H2,1-3H3,(H,15,16). The first-order valence-electron chi connectivity index (χ1n) is 6.01. The van der Waals surface area contributed by atoms with Gasteiger partial charge < -0.3 is 5.32 Å². The van der Waals surface area contributed by atoms with Gasteiger partial charge in [-0.1, -0.05) is 38.1 Å². The highest BCUT2D eigenvalue weighted by molar-refractivity contribution is 5.78. The molecule has 0 heterocycles. The summed E-state index contributed by atoms with van der Waals surface area (Å²) in [5.41, 5.74) is 2.43. The molecule has 2 heteroatoms. The van der Waals surface area contributed by atoms with Crippen LogP contribution in [0, 0.1) is 12.8 Å². The first-order chi connectivity index (χ1) is 7.69. The van der Waals surface area contributed by atoms with Crippen molar-refractivity contribution in [2.75, 3.05) is 0 Å². The van der Waals surface area contributed by atoms with Crippen molar-refractivity contribution in [2.45, 2.75) is 40.2 Å². The average molecular weight is 219 g/mol. The predicted octanol–water partition coefficient (Wildman–Crippen LogP) is 3.05. The molecule has 1 rings (SSSR count). The molecule has 1 amide bonds. The maximum absolute atomic E-state index is 11.8. The van der Waals surface area contributed by atoms with Gasteiger partial charge in [-0.15, -0.1) is 0 Å². The molecule has 0 aliphatic rings. The number of amides is 1. The van der Waals surface area contributed by atoms with E-state index in [1.165, 1.54) is 11.1 Å². The summed E-state index contributed by atoms with van der Waals surface area (Å²) in [6.45, 7) is 6.82. The van der Waals surface area contributed by atoms with Crippen LogP contribution in [0.25, 0.3) is 0 Å². The first-order valence-corrected chi connectivity index (χ1v) is 6.01. The number of hydrogen-bond donors (Lipinski definition) is 1. The van der Waals surface area contributed by atoms with Gasteiger partial charge in [0.25, 0.3) is 0 Å². The van der Waals surface area contributed by atoms with E-state index in [4.69, 9.17) is 0 Å². The minimum absolute atomic E-state index is 0.156. The molecule has 0 aliphatic heterocycles. The number of hydrogen-bond acceptors (Lipinski definition) is 1. The maximum Gasteiger partial charge on any atom is 0.223 e. The van der Waals surface area contributed by atoms with E-state index in [-0.39, 0.29) is 11.8 Å². The van der Waals surface area contributed by atoms with Crippen LogP contribution in [0.2, 0.25) is 0 Å². The quantitative estimate of drug-likeness (QED) is 0.810. The third-order valence-electron chi connectivity index (χ3n) is 3.07. The Morgan fingerprint density at radius 3 is 2.44 bits per heavy atom. The second-order valence-electron chi connectivity index (χ2n) is 4.16. The lowest BCUT2D eigenvalue weighted by atomic mass is 10.0. The number of benzene rings is 1. The molecule has 16 heavy (non-hydrogen) atoms. The van der Waals surface area contributed by atoms with Crippen molar-refractivity contribution < 1.29 is 4.79 Å². The number of nitrogens with one attached hydrogen (secondary N) is 1. The zero-order valence-electron chi connectivity index (χ0n) is 10.4. The second-order valence-corrected chi connectivity index (χ2v) is 4.16. The fraction of sp³-hybridized carbons (Fsp3) is 0.500. The molecule has 1 aromatic carbocycles. The minimum atomic E-state index is 0.156. The molecule has 2 nitrogen and oxygen atoms in total. The van der Waals surface area contributed by atoms with Crippen LogP contribution >= 0.6 is 0 Å². The molecule has 0 aliphatic carbocycles. The van der Waals surface area contributed by atoms with Crippen molar-refractivity contribution in [1.29, 1.82) is 0 Å². The van der Waals surface area contributed by atoms with Crippen LogP contribution in [0.3, 0.4) is 0 Å². The van der Waals surface area contributed by atoms with Crippen LogP contribution in [-0.4, -0.2) is 5.91 Å². The monoisotopic (exact) mass is 219 g/mol. The second kappa shape index (κ2) is 6.31. The Morgan fingerprint density at radius 2 is 1.88 bits per heavy atom. The topological polar surface area (TPSA) is 29.1 Å². The molecule has 0 unspecified atom stereocenters. The maximum atomic E-state index is 11.8. The van der Waals surface area contributed by atoms with Crippen LogP contribution in [0.4, 0.5) is 0 Å². The van der Waals surface area contributed by atoms with Gasteiger partial charge in [0.1, 0.15) is 0 Å². The van der Waals surface area contributed by atoms with Gasteiger partial charge in [-0.05, 0) is 30.9 Å². The first kappa shape index (κ1) is 12.8. The molecule has 0 spiro atoms. The molecule has 0 saturated heterocycles. The molecule has 0 aromatic heterocycles. The lowest BCUT2D eigenvalue weighted by Gasteiger charge is -2.13. The summed E-state index contributed by atoms with van der Waals surface area (Å²) in [4.78, 5) is 11.8. The van der Waals surface area contributed by atoms with Crippen molar-refractivity contribution in [1.82, 2.24) is 5.32 Å². The average Bonchev–Trinajstić information content (AvgIpc) is 2.29. The summed E-state index contributed by atoms with van der Waals surface area (Å²) in [6, 6.07) is 8.15. The van der Waals surface area contributed by atoms with Crippen LogP contribution in [-0.2, 0) is 11.3 Å². The van der Waals surface area contributed by atoms with E-state index >= 15 is 0 Å². The van der Waals surface area contributed by atoms with Crippen molar-refractivity contribution in [3.8, 4) is 0 Å². The van der Waals surface area contributed by atoms with Gasteiger partial charge in [0.2, 0.25) is 5.91 Å². The third kappa shape index (κ3) is 3.37. The van der Waals surface area contributed by atoms with Gasteiger partial charge in [0.05, 0.1) is 0 Å². The molecule has 0 bridgehead atoms. The van der Waals surface area contributed by atoms with Crippen molar-refractivity contribution >= 4 is 5.91 Å². The van der Waals surface area contributed by atoms with Gasteiger partial charge in [-0.3, -0.25) is 4.79 Å². The fourth-order valence-electron chi connectivity index (χ4n) is 1.79. The largest absolute Gasteiger partial charge is 0.352 e. The van der Waals surface area contributed by atoms with E-state index in [1.54, 1.807) is 0 Å². The van der Waals surface area contributed by atoms with E-state index < -0.39 is 0 Å². The molecular formula is C14H21NO. The van der Waals surface area contributed by atoms with E-state index in [9.17, 15) is 4.79 Å². The molecule has 0 saturated carbocycles. The highest BCUT2D eigenvalue weighted by Crippen LogP contribution is 2.09. The van der Waals surface area contributed by atoms with Gasteiger partial charge in [-0.25, -0.2) is 0 Å². The van der Waals surface area contributed by atoms with E-state index in [2.05, 4.69) is 38.2 Å². The normalized spacial score (nSPS) is 10.5. The van der Waals surface area contributed by atoms with Gasteiger partial charge in [0.15, 0.2) is 0 Å². The SMILES string of the molecule is CCC(CC)C(=O)NCc1ccccc1C. The fourth-order valence-corrected chi connectivity index (χ4v) is 1.79. The number of rotatable bonds is 5. The molecule has 0 fully saturated rings. The molecule has 1 aromatic rings. The van der Waals surface area contributed by atoms with E-state index in [0.717, 1.165) is 12.8 Å². The Kier molecular flexibility index (Phi) is 5.03. The zero-order valence-corrected chi connectivity index (χ0v) is 10.4. The number of aryl methyl sites for hydroxylation is 1. The molecular weight excluding hydrogens is 198 g/mol. The highest BCUT2D eigenvalue weighted by Gasteiger charge is 2.13. The van der Waals surface area contributed by atoms with E-state index in [1.807, 2.05) is 12.1 Å². The van der Waals surface area contributed by atoms with Crippen molar-refractivity contribution in [2.24, 2.45) is 5.92 Å². The van der Waals surface area contributed by atoms with Crippen LogP contribution in [0.15, 0.2) is 24.3 Å². The number of carbonyl (C=O) groups is 1. The summed E-state index contributed by atoms with van der Waals surface area (Å²) in [5, 5.41) is 3.00. The van der Waals surface area contributed by atoms with Crippen molar-refractivity contribution in [3.63, 3.8) is 0 Å². The molecule has 0 atom stereocenters. The number of carbonyl (C=O) groups excluding carboxylic acids is 1. The van der Waals surface area contributed by atoms with Crippen LogP contribution < -0.4 is 5.32 Å². The van der Waals surface area contributed by atoms with Crippen molar-refractivity contribution in [3.05, 3.63) is 35.4 Å². The van der Waals surface area contributed by atoms with Gasteiger partial charge in [-0.2, -0.15) is 0 Å². The lowest BCUT2D eigenvalue weighted by Crippen LogP contribution is -2.29. The van der Waals surface area contributed by atoms with Gasteiger partial charge in [0, 0.05) is 12.5 Å².